The summed E-state index contributed by atoms with van der Waals surface area (Å²) < 4.78 is 29.4. The van der Waals surface area contributed by atoms with Gasteiger partial charge in [0.15, 0.2) is 5.13 Å². The van der Waals surface area contributed by atoms with E-state index in [1.165, 1.54) is 40.1 Å². The molecule has 0 spiro atoms. The van der Waals surface area contributed by atoms with Gasteiger partial charge in [-0.1, -0.05) is 41.1 Å². The molecule has 0 radical (unpaired) electrons. The molecule has 40 heavy (non-hydrogen) atoms. The summed E-state index contributed by atoms with van der Waals surface area (Å²) in [6, 6.07) is 16.8. The van der Waals surface area contributed by atoms with Crippen molar-refractivity contribution in [1.82, 2.24) is 15.2 Å². The van der Waals surface area contributed by atoms with Crippen LogP contribution in [0.2, 0.25) is 5.02 Å². The Kier molecular flexibility index (Phi) is 9.58. The topological polar surface area (TPSA) is 94.6 Å². The molecule has 4 aromatic rings. The fourth-order valence-electron chi connectivity index (χ4n) is 4.67. The average Bonchev–Trinajstić information content (AvgIpc) is 3.34. The smallest absolute Gasteiger partial charge is 0.261 e. The van der Waals surface area contributed by atoms with Gasteiger partial charge >= 0.3 is 0 Å². The number of para-hydroxylation sites is 1. The van der Waals surface area contributed by atoms with E-state index in [2.05, 4.69) is 45.8 Å². The maximum Gasteiger partial charge on any atom is 0.261 e. The van der Waals surface area contributed by atoms with Crippen molar-refractivity contribution in [3.8, 4) is 0 Å². The third-order valence-electron chi connectivity index (χ3n) is 6.71. The number of carbonyl (C=O) groups excluding carboxylic acids is 1. The minimum absolute atomic E-state index is 0. The number of fused-ring (bicyclic) bond motifs is 1. The number of piperazine rings is 1. The zero-order valence-electron chi connectivity index (χ0n) is 22.2. The Morgan fingerprint density at radius 1 is 1.02 bits per heavy atom. The Morgan fingerprint density at radius 3 is 2.45 bits per heavy atom. The summed E-state index contributed by atoms with van der Waals surface area (Å²) in [5.41, 5.74) is 4.03. The summed E-state index contributed by atoms with van der Waals surface area (Å²) in [7, 11) is -3.87. The van der Waals surface area contributed by atoms with E-state index in [0.717, 1.165) is 36.8 Å². The monoisotopic (exact) mass is 619 g/mol. The van der Waals surface area contributed by atoms with E-state index in [-0.39, 0.29) is 34.5 Å². The van der Waals surface area contributed by atoms with Crippen molar-refractivity contribution in [3.63, 3.8) is 0 Å². The van der Waals surface area contributed by atoms with Crippen LogP contribution < -0.4 is 14.9 Å². The van der Waals surface area contributed by atoms with Gasteiger partial charge in [-0.3, -0.25) is 14.4 Å². The molecule has 0 saturated carbocycles. The van der Waals surface area contributed by atoms with Crippen LogP contribution in [-0.2, 0) is 10.0 Å². The molecule has 0 aliphatic carbocycles. The molecule has 212 valence electrons. The summed E-state index contributed by atoms with van der Waals surface area (Å²) in [5, 5.41) is 4.44. The molecular formula is C28H31Cl2N5O3S2. The summed E-state index contributed by atoms with van der Waals surface area (Å²) in [6.45, 7) is 8.89. The van der Waals surface area contributed by atoms with Crippen molar-refractivity contribution in [1.29, 1.82) is 0 Å². The molecule has 0 unspecified atom stereocenters. The van der Waals surface area contributed by atoms with Crippen LogP contribution in [0.25, 0.3) is 10.2 Å². The van der Waals surface area contributed by atoms with Crippen molar-refractivity contribution in [2.75, 3.05) is 48.9 Å². The number of aromatic nitrogens is 1. The Hall–Kier alpha value is -2.89. The first kappa shape index (κ1) is 30.1. The molecule has 1 aromatic heterocycles. The zero-order chi connectivity index (χ0) is 27.6. The first-order valence-electron chi connectivity index (χ1n) is 12.7. The van der Waals surface area contributed by atoms with Crippen molar-refractivity contribution in [2.24, 2.45) is 0 Å². The zero-order valence-corrected chi connectivity index (χ0v) is 25.4. The van der Waals surface area contributed by atoms with Gasteiger partial charge in [-0.05, 0) is 67.4 Å². The number of halogens is 2. The van der Waals surface area contributed by atoms with Crippen LogP contribution in [0.4, 0.5) is 10.8 Å². The van der Waals surface area contributed by atoms with E-state index >= 15 is 0 Å². The van der Waals surface area contributed by atoms with E-state index in [0.29, 0.717) is 18.1 Å². The number of hydrogen-bond donors (Lipinski definition) is 2. The van der Waals surface area contributed by atoms with Crippen LogP contribution >= 0.6 is 35.3 Å². The van der Waals surface area contributed by atoms with Gasteiger partial charge in [-0.15, -0.1) is 12.4 Å². The van der Waals surface area contributed by atoms with E-state index in [1.54, 1.807) is 35.6 Å². The fourth-order valence-corrected chi connectivity index (χ4v) is 7.07. The number of anilines is 2. The van der Waals surface area contributed by atoms with Crippen LogP contribution in [0.5, 0.6) is 0 Å². The maximum atomic E-state index is 13.0. The first-order chi connectivity index (χ1) is 18.7. The minimum atomic E-state index is -3.87. The molecule has 1 amide bonds. The summed E-state index contributed by atoms with van der Waals surface area (Å²) in [4.78, 5) is 22.6. The lowest BCUT2D eigenvalue weighted by atomic mass is 10.1. The number of nitrogens with zero attached hydrogens (tertiary/aromatic N) is 3. The van der Waals surface area contributed by atoms with Gasteiger partial charge in [0.05, 0.1) is 26.4 Å². The number of sulfonamides is 1. The number of amides is 1. The molecule has 8 nitrogen and oxygen atoms in total. The van der Waals surface area contributed by atoms with Gasteiger partial charge in [0.1, 0.15) is 0 Å². The molecule has 1 aliphatic heterocycles. The number of aryl methyl sites for hydroxylation is 2. The fraction of sp³-hybridized carbons (Fsp3) is 0.286. The molecule has 12 heteroatoms. The predicted octanol–water partition coefficient (Wildman–Crippen LogP) is 5.34. The maximum absolute atomic E-state index is 13.0. The predicted molar refractivity (Wildman–Crippen MR) is 166 cm³/mol. The summed E-state index contributed by atoms with van der Waals surface area (Å²) in [6.07, 6.45) is 0. The second-order valence-electron chi connectivity index (χ2n) is 9.61. The van der Waals surface area contributed by atoms with Gasteiger partial charge in [-0.2, -0.15) is 0 Å². The highest BCUT2D eigenvalue weighted by Gasteiger charge is 2.22. The highest BCUT2D eigenvalue weighted by molar-refractivity contribution is 7.92. The standard InChI is InChI=1S/C28H30ClN5O3S2.ClH/c1-19-17-20(2)26-25(18-19)38-28(31-26)34-15-13-33(14-16-34)12-11-30-27(35)23-5-3-4-6-24(23)32-39(36,37)22-9-7-21(29)8-10-22;/h3-10,17-18,32H,11-16H2,1-2H3,(H,30,35);1H. The Labute approximate surface area is 249 Å². The molecule has 0 bridgehead atoms. The quantitative estimate of drug-likeness (QED) is 0.276. The number of hydrogen-bond acceptors (Lipinski definition) is 7. The van der Waals surface area contributed by atoms with Gasteiger partial charge in [0.25, 0.3) is 15.9 Å². The number of thiazole rings is 1. The van der Waals surface area contributed by atoms with Crippen molar-refractivity contribution >= 4 is 72.3 Å². The molecule has 1 saturated heterocycles. The highest BCUT2D eigenvalue weighted by Crippen LogP contribution is 2.32. The van der Waals surface area contributed by atoms with Crippen LogP contribution in [-0.4, -0.2) is 63.5 Å². The average molecular weight is 621 g/mol. The molecule has 2 heterocycles. The van der Waals surface area contributed by atoms with E-state index in [1.807, 2.05) is 0 Å². The van der Waals surface area contributed by atoms with Gasteiger partial charge < -0.3 is 10.2 Å². The minimum Gasteiger partial charge on any atom is -0.351 e. The number of benzene rings is 3. The lowest BCUT2D eigenvalue weighted by Crippen LogP contribution is -2.48. The van der Waals surface area contributed by atoms with E-state index < -0.39 is 10.0 Å². The van der Waals surface area contributed by atoms with Crippen LogP contribution in [0.3, 0.4) is 0 Å². The molecule has 3 aromatic carbocycles. The van der Waals surface area contributed by atoms with Crippen molar-refractivity contribution in [3.05, 3.63) is 82.4 Å². The Bertz CT molecular complexity index is 1600. The first-order valence-corrected chi connectivity index (χ1v) is 15.4. The summed E-state index contributed by atoms with van der Waals surface area (Å²) in [5.74, 6) is -0.330. The number of carbonyl (C=O) groups is 1. The third kappa shape index (κ3) is 6.87. The normalized spacial score (nSPS) is 14.1. The largest absolute Gasteiger partial charge is 0.351 e. The lowest BCUT2D eigenvalue weighted by molar-refractivity contribution is 0.0948. The van der Waals surface area contributed by atoms with Gasteiger partial charge in [0, 0.05) is 44.3 Å². The SMILES string of the molecule is Cc1cc(C)c2nc(N3CCN(CCNC(=O)c4ccccc4NS(=O)(=O)c4ccc(Cl)cc4)CC3)sc2c1.Cl. The molecule has 1 aliphatic rings. The lowest BCUT2D eigenvalue weighted by Gasteiger charge is -2.34. The van der Waals surface area contributed by atoms with Crippen molar-refractivity contribution in [2.45, 2.75) is 18.7 Å². The number of rotatable bonds is 8. The van der Waals surface area contributed by atoms with Gasteiger partial charge in [0.2, 0.25) is 0 Å². The molecule has 5 rings (SSSR count). The summed E-state index contributed by atoms with van der Waals surface area (Å²) >= 11 is 7.62. The van der Waals surface area contributed by atoms with E-state index in [9.17, 15) is 13.2 Å². The third-order valence-corrected chi connectivity index (χ3v) is 9.41. The molecular weight excluding hydrogens is 589 g/mol. The molecule has 2 N–H and O–H groups in total. The van der Waals surface area contributed by atoms with Crippen LogP contribution in [0.1, 0.15) is 21.5 Å². The Balaban J connectivity index is 0.00000370. The second-order valence-corrected chi connectivity index (χ2v) is 12.7. The number of nitrogens with one attached hydrogen (secondary N) is 2. The molecule has 1 fully saturated rings. The van der Waals surface area contributed by atoms with E-state index in [4.69, 9.17) is 16.6 Å². The highest BCUT2D eigenvalue weighted by atomic mass is 35.5. The van der Waals surface area contributed by atoms with Gasteiger partial charge in [-0.25, -0.2) is 13.4 Å². The molecule has 0 atom stereocenters. The van der Waals surface area contributed by atoms with Crippen LogP contribution in [0, 0.1) is 13.8 Å². The van der Waals surface area contributed by atoms with Crippen molar-refractivity contribution < 1.29 is 13.2 Å². The Morgan fingerprint density at radius 2 is 1.73 bits per heavy atom. The second kappa shape index (κ2) is 12.7. The van der Waals surface area contributed by atoms with Crippen LogP contribution in [0.15, 0.2) is 65.6 Å².